The molecule has 0 unspecified atom stereocenters. The van der Waals surface area contributed by atoms with Crippen LogP contribution in [0.3, 0.4) is 0 Å². The summed E-state index contributed by atoms with van der Waals surface area (Å²) < 4.78 is 28.6. The first-order chi connectivity index (χ1) is 10.1. The van der Waals surface area contributed by atoms with Crippen molar-refractivity contribution in [1.29, 1.82) is 0 Å². The van der Waals surface area contributed by atoms with Crippen molar-refractivity contribution in [3.63, 3.8) is 0 Å². The van der Waals surface area contributed by atoms with Gasteiger partial charge in [0.2, 0.25) is 0 Å². The molecule has 0 saturated heterocycles. The first kappa shape index (κ1) is 15.2. The van der Waals surface area contributed by atoms with E-state index < -0.39 is 6.61 Å². The zero-order chi connectivity index (χ0) is 15.2. The molecule has 0 aliphatic heterocycles. The van der Waals surface area contributed by atoms with E-state index in [1.54, 1.807) is 19.2 Å². The molecule has 0 atom stereocenters. The van der Waals surface area contributed by atoms with Crippen LogP contribution in [-0.4, -0.2) is 23.6 Å². The predicted molar refractivity (Wildman–Crippen MR) is 77.6 cm³/mol. The molecule has 0 saturated carbocycles. The lowest BCUT2D eigenvalue weighted by molar-refractivity contribution is -0.0498. The Labute approximate surface area is 122 Å². The summed E-state index contributed by atoms with van der Waals surface area (Å²) in [6.45, 7) is -0.743. The Morgan fingerprint density at radius 2 is 1.90 bits per heavy atom. The lowest BCUT2D eigenvalue weighted by Crippen LogP contribution is -2.02. The van der Waals surface area contributed by atoms with Crippen molar-refractivity contribution < 1.29 is 13.5 Å². The van der Waals surface area contributed by atoms with Crippen molar-refractivity contribution in [3.05, 3.63) is 36.0 Å². The van der Waals surface area contributed by atoms with Gasteiger partial charge in [0.1, 0.15) is 11.6 Å². The van der Waals surface area contributed by atoms with Gasteiger partial charge in [-0.05, 0) is 30.7 Å². The van der Waals surface area contributed by atoms with Gasteiger partial charge >= 0.3 is 6.61 Å². The van der Waals surface area contributed by atoms with Gasteiger partial charge in [0.25, 0.3) is 0 Å². The summed E-state index contributed by atoms with van der Waals surface area (Å²) in [7, 11) is 1.79. The van der Waals surface area contributed by atoms with Gasteiger partial charge in [-0.3, -0.25) is 0 Å². The highest BCUT2D eigenvalue weighted by Crippen LogP contribution is 2.22. The van der Waals surface area contributed by atoms with Crippen molar-refractivity contribution in [3.8, 4) is 17.1 Å². The standard InChI is InChI=1S/C15H17F2N3O/c1-3-4-11-9-13(18-2)20-14(19-11)10-5-7-12(8-6-10)21-15(16)17/h5-9,15H,3-4H2,1-2H3,(H,18,19,20). The second-order valence-electron chi connectivity index (χ2n) is 4.47. The molecule has 0 radical (unpaired) electrons. The highest BCUT2D eigenvalue weighted by Gasteiger charge is 2.08. The lowest BCUT2D eigenvalue weighted by Gasteiger charge is -2.08. The summed E-state index contributed by atoms with van der Waals surface area (Å²) in [5.74, 6) is 1.41. The van der Waals surface area contributed by atoms with E-state index >= 15 is 0 Å². The molecule has 0 bridgehead atoms. The normalized spacial score (nSPS) is 10.7. The number of aryl methyl sites for hydroxylation is 1. The molecule has 112 valence electrons. The summed E-state index contributed by atoms with van der Waals surface area (Å²) >= 11 is 0. The minimum atomic E-state index is -2.82. The maximum absolute atomic E-state index is 12.1. The number of alkyl halides is 2. The summed E-state index contributed by atoms with van der Waals surface area (Å²) in [6.07, 6.45) is 1.84. The fourth-order valence-electron chi connectivity index (χ4n) is 1.92. The van der Waals surface area contributed by atoms with Crippen LogP contribution in [0.4, 0.5) is 14.6 Å². The van der Waals surface area contributed by atoms with Gasteiger partial charge in [-0.25, -0.2) is 9.97 Å². The molecule has 0 aliphatic rings. The molecule has 21 heavy (non-hydrogen) atoms. The highest BCUT2D eigenvalue weighted by molar-refractivity contribution is 5.58. The van der Waals surface area contributed by atoms with Crippen molar-refractivity contribution in [2.45, 2.75) is 26.4 Å². The second-order valence-corrected chi connectivity index (χ2v) is 4.47. The number of nitrogens with one attached hydrogen (secondary N) is 1. The number of aromatic nitrogens is 2. The molecule has 2 aromatic rings. The third-order valence-electron chi connectivity index (χ3n) is 2.88. The van der Waals surface area contributed by atoms with Crippen molar-refractivity contribution in [2.75, 3.05) is 12.4 Å². The van der Waals surface area contributed by atoms with Gasteiger partial charge in [-0.2, -0.15) is 8.78 Å². The molecule has 1 heterocycles. The van der Waals surface area contributed by atoms with Crippen LogP contribution in [0.1, 0.15) is 19.0 Å². The first-order valence-corrected chi connectivity index (χ1v) is 6.73. The summed E-state index contributed by atoms with van der Waals surface area (Å²) in [5.41, 5.74) is 1.70. The number of ether oxygens (including phenoxy) is 1. The molecule has 1 aromatic heterocycles. The van der Waals surface area contributed by atoms with Crippen LogP contribution in [0.15, 0.2) is 30.3 Å². The Hall–Kier alpha value is -2.24. The van der Waals surface area contributed by atoms with Crippen LogP contribution in [0.2, 0.25) is 0 Å². The van der Waals surface area contributed by atoms with Crippen LogP contribution < -0.4 is 10.1 Å². The molecule has 6 heteroatoms. The number of benzene rings is 1. The molecule has 1 N–H and O–H groups in total. The maximum atomic E-state index is 12.1. The SMILES string of the molecule is CCCc1cc(NC)nc(-c2ccc(OC(F)F)cc2)n1. The fraction of sp³-hybridized carbons (Fsp3) is 0.333. The molecular weight excluding hydrogens is 276 g/mol. The van der Waals surface area contributed by atoms with Crippen LogP contribution in [0.5, 0.6) is 5.75 Å². The van der Waals surface area contributed by atoms with E-state index in [1.807, 2.05) is 6.07 Å². The van der Waals surface area contributed by atoms with E-state index in [4.69, 9.17) is 0 Å². The van der Waals surface area contributed by atoms with Crippen molar-refractivity contribution in [2.24, 2.45) is 0 Å². The van der Waals surface area contributed by atoms with E-state index in [2.05, 4.69) is 26.9 Å². The first-order valence-electron chi connectivity index (χ1n) is 6.73. The zero-order valence-electron chi connectivity index (χ0n) is 11.9. The molecule has 2 rings (SSSR count). The van der Waals surface area contributed by atoms with Gasteiger partial charge < -0.3 is 10.1 Å². The molecule has 0 spiro atoms. The molecule has 0 aliphatic carbocycles. The minimum Gasteiger partial charge on any atom is -0.435 e. The average Bonchev–Trinajstić information content (AvgIpc) is 2.47. The second kappa shape index (κ2) is 6.97. The van der Waals surface area contributed by atoms with Crippen LogP contribution in [0.25, 0.3) is 11.4 Å². The fourth-order valence-corrected chi connectivity index (χ4v) is 1.92. The molecular formula is C15H17F2N3O. The monoisotopic (exact) mass is 293 g/mol. The minimum absolute atomic E-state index is 0.118. The number of anilines is 1. The average molecular weight is 293 g/mol. The Morgan fingerprint density at radius 1 is 1.19 bits per heavy atom. The Bertz CT molecular complexity index is 588. The van der Waals surface area contributed by atoms with Crippen LogP contribution in [-0.2, 0) is 6.42 Å². The third-order valence-corrected chi connectivity index (χ3v) is 2.88. The van der Waals surface area contributed by atoms with E-state index in [0.29, 0.717) is 5.82 Å². The number of halogens is 2. The Balaban J connectivity index is 2.29. The maximum Gasteiger partial charge on any atom is 0.387 e. The topological polar surface area (TPSA) is 47.0 Å². The summed E-state index contributed by atoms with van der Waals surface area (Å²) in [6, 6.07) is 8.21. The third kappa shape index (κ3) is 4.11. The number of rotatable bonds is 6. The zero-order valence-corrected chi connectivity index (χ0v) is 11.9. The number of nitrogens with zero attached hydrogens (tertiary/aromatic N) is 2. The summed E-state index contributed by atoms with van der Waals surface area (Å²) in [4.78, 5) is 8.88. The Morgan fingerprint density at radius 3 is 2.48 bits per heavy atom. The van der Waals surface area contributed by atoms with Gasteiger partial charge in [-0.1, -0.05) is 13.3 Å². The lowest BCUT2D eigenvalue weighted by atomic mass is 10.2. The quantitative estimate of drug-likeness (QED) is 0.881. The van der Waals surface area contributed by atoms with Crippen LogP contribution in [0, 0.1) is 0 Å². The van der Waals surface area contributed by atoms with E-state index in [0.717, 1.165) is 29.9 Å². The van der Waals surface area contributed by atoms with E-state index in [-0.39, 0.29) is 5.75 Å². The molecule has 1 aromatic carbocycles. The van der Waals surface area contributed by atoms with E-state index in [1.165, 1.54) is 12.1 Å². The number of hydrogen-bond acceptors (Lipinski definition) is 4. The molecule has 0 amide bonds. The van der Waals surface area contributed by atoms with Crippen molar-refractivity contribution >= 4 is 5.82 Å². The van der Waals surface area contributed by atoms with Crippen molar-refractivity contribution in [1.82, 2.24) is 9.97 Å². The number of hydrogen-bond donors (Lipinski definition) is 1. The van der Waals surface area contributed by atoms with Gasteiger partial charge in [0.05, 0.1) is 0 Å². The predicted octanol–water partition coefficient (Wildman–Crippen LogP) is 3.74. The van der Waals surface area contributed by atoms with Gasteiger partial charge in [0.15, 0.2) is 5.82 Å². The highest BCUT2D eigenvalue weighted by atomic mass is 19.3. The smallest absolute Gasteiger partial charge is 0.387 e. The summed E-state index contributed by atoms with van der Waals surface area (Å²) in [5, 5.41) is 3.00. The molecule has 0 fully saturated rings. The van der Waals surface area contributed by atoms with Gasteiger partial charge in [0, 0.05) is 24.4 Å². The van der Waals surface area contributed by atoms with Crippen LogP contribution >= 0.6 is 0 Å². The molecule has 4 nitrogen and oxygen atoms in total. The largest absolute Gasteiger partial charge is 0.435 e. The van der Waals surface area contributed by atoms with Gasteiger partial charge in [-0.15, -0.1) is 0 Å². The van der Waals surface area contributed by atoms with E-state index in [9.17, 15) is 8.78 Å². The Kier molecular flexibility index (Phi) is 5.03.